The molecule has 36 heavy (non-hydrogen) atoms. The van der Waals surface area contributed by atoms with Gasteiger partial charge in [-0.15, -0.1) is 11.3 Å². The van der Waals surface area contributed by atoms with Crippen LogP contribution in [0.2, 0.25) is 0 Å². The van der Waals surface area contributed by atoms with Crippen LogP contribution in [0.3, 0.4) is 0 Å². The SMILES string of the molecule is CC(C)(C)C(N)=NC(=O)N1CCC(Oc2ncnc3c(-c4ccc(N=CN=CN)cc4)csc23)CC1. The van der Waals surface area contributed by atoms with Gasteiger partial charge in [0.25, 0.3) is 0 Å². The van der Waals surface area contributed by atoms with E-state index in [1.165, 1.54) is 19.0 Å². The van der Waals surface area contributed by atoms with Crippen LogP contribution in [0.25, 0.3) is 21.3 Å². The summed E-state index contributed by atoms with van der Waals surface area (Å²) >= 11 is 1.55. The number of hydrogen-bond acceptors (Lipinski definition) is 6. The molecule has 3 aromatic rings. The van der Waals surface area contributed by atoms with Crippen molar-refractivity contribution in [1.82, 2.24) is 14.9 Å². The van der Waals surface area contributed by atoms with Gasteiger partial charge in [0.2, 0.25) is 5.88 Å². The number of fused-ring (bicyclic) bond motifs is 1. The quantitative estimate of drug-likeness (QED) is 0.388. The molecule has 3 heterocycles. The first-order valence-corrected chi connectivity index (χ1v) is 12.5. The summed E-state index contributed by atoms with van der Waals surface area (Å²) in [6.07, 6.45) is 5.46. The molecule has 1 aliphatic rings. The number of carbonyl (C=O) groups excluding carboxylic acids is 1. The Labute approximate surface area is 213 Å². The van der Waals surface area contributed by atoms with E-state index in [0.717, 1.165) is 27.0 Å². The minimum atomic E-state index is -0.343. The lowest BCUT2D eigenvalue weighted by atomic mass is 9.95. The van der Waals surface area contributed by atoms with Gasteiger partial charge < -0.3 is 21.1 Å². The van der Waals surface area contributed by atoms with E-state index >= 15 is 0 Å². The van der Waals surface area contributed by atoms with Crippen molar-refractivity contribution in [1.29, 1.82) is 0 Å². The Bertz CT molecular complexity index is 1300. The van der Waals surface area contributed by atoms with Crippen LogP contribution >= 0.6 is 11.3 Å². The van der Waals surface area contributed by atoms with Gasteiger partial charge in [0.15, 0.2) is 0 Å². The number of aliphatic imine (C=N–C) groups is 3. The van der Waals surface area contributed by atoms with E-state index < -0.39 is 0 Å². The highest BCUT2D eigenvalue weighted by Gasteiger charge is 2.26. The van der Waals surface area contributed by atoms with E-state index in [9.17, 15) is 4.79 Å². The van der Waals surface area contributed by atoms with Crippen molar-refractivity contribution < 1.29 is 9.53 Å². The molecule has 2 aromatic heterocycles. The van der Waals surface area contributed by atoms with Crippen LogP contribution in [0.4, 0.5) is 10.5 Å². The van der Waals surface area contributed by atoms with Crippen molar-refractivity contribution in [2.75, 3.05) is 13.1 Å². The lowest BCUT2D eigenvalue weighted by Gasteiger charge is -2.31. The molecule has 0 aliphatic carbocycles. The molecule has 1 aliphatic heterocycles. The van der Waals surface area contributed by atoms with Gasteiger partial charge in [0.05, 0.1) is 17.5 Å². The fourth-order valence-electron chi connectivity index (χ4n) is 3.65. The maximum absolute atomic E-state index is 12.5. The summed E-state index contributed by atoms with van der Waals surface area (Å²) in [6, 6.07) is 7.51. The average molecular weight is 507 g/mol. The van der Waals surface area contributed by atoms with E-state index in [1.54, 1.807) is 16.2 Å². The van der Waals surface area contributed by atoms with Crippen molar-refractivity contribution in [2.45, 2.75) is 39.7 Å². The molecule has 1 aromatic carbocycles. The van der Waals surface area contributed by atoms with E-state index in [-0.39, 0.29) is 17.6 Å². The summed E-state index contributed by atoms with van der Waals surface area (Å²) in [5.74, 6) is 0.905. The maximum Gasteiger partial charge on any atom is 0.345 e. The first-order chi connectivity index (χ1) is 17.3. The first-order valence-electron chi connectivity index (χ1n) is 11.6. The minimum absolute atomic E-state index is 0.0463. The van der Waals surface area contributed by atoms with Gasteiger partial charge in [0, 0.05) is 42.3 Å². The number of thiophene rings is 1. The normalized spacial score (nSPS) is 15.9. The van der Waals surface area contributed by atoms with Gasteiger partial charge in [-0.2, -0.15) is 4.99 Å². The van der Waals surface area contributed by atoms with Crippen molar-refractivity contribution >= 4 is 51.8 Å². The number of nitrogens with zero attached hydrogens (tertiary/aromatic N) is 6. The fraction of sp³-hybridized carbons (Fsp3) is 0.360. The monoisotopic (exact) mass is 506 g/mol. The molecule has 0 bridgehead atoms. The molecule has 4 N–H and O–H groups in total. The van der Waals surface area contributed by atoms with Crippen molar-refractivity contribution in [3.05, 3.63) is 36.0 Å². The number of ether oxygens (including phenoxy) is 1. The maximum atomic E-state index is 12.5. The summed E-state index contributed by atoms with van der Waals surface area (Å²) < 4.78 is 7.17. The number of likely N-dealkylation sites (tertiary alicyclic amines) is 1. The van der Waals surface area contributed by atoms with Crippen LogP contribution in [-0.2, 0) is 0 Å². The molecule has 4 rings (SSSR count). The number of carbonyl (C=O) groups is 1. The summed E-state index contributed by atoms with van der Waals surface area (Å²) in [7, 11) is 0. The standard InChI is InChI=1S/C25H30N8O2S/c1-25(2,3)23(27)32-24(34)33-10-8-18(9-11-33)35-22-21-20(30-15-31-22)19(12-36-21)16-4-6-17(7-5-16)29-14-28-13-26/h4-7,12-15,18H,8-11H2,1-3H3,(H2,26,28,29)(H2,27,32,34). The van der Waals surface area contributed by atoms with Gasteiger partial charge >= 0.3 is 6.03 Å². The molecule has 0 unspecified atom stereocenters. The molecule has 1 fully saturated rings. The highest BCUT2D eigenvalue weighted by molar-refractivity contribution is 7.18. The smallest absolute Gasteiger partial charge is 0.345 e. The van der Waals surface area contributed by atoms with Crippen molar-refractivity contribution in [3.63, 3.8) is 0 Å². The second kappa shape index (κ2) is 10.8. The molecule has 0 saturated carbocycles. The van der Waals surface area contributed by atoms with Crippen LogP contribution in [0.15, 0.2) is 51.0 Å². The van der Waals surface area contributed by atoms with E-state index in [2.05, 4.69) is 30.3 Å². The lowest BCUT2D eigenvalue weighted by molar-refractivity contribution is 0.112. The minimum Gasteiger partial charge on any atom is -0.473 e. The first kappa shape index (κ1) is 25.2. The second-order valence-corrected chi connectivity index (χ2v) is 10.3. The summed E-state index contributed by atoms with van der Waals surface area (Å²) in [5.41, 5.74) is 14.5. The van der Waals surface area contributed by atoms with E-state index in [1.807, 2.05) is 45.0 Å². The molecule has 11 heteroatoms. The Morgan fingerprint density at radius 1 is 1.19 bits per heavy atom. The van der Waals surface area contributed by atoms with Crippen LogP contribution in [0.1, 0.15) is 33.6 Å². The number of aromatic nitrogens is 2. The van der Waals surface area contributed by atoms with Crippen LogP contribution in [0, 0.1) is 5.41 Å². The van der Waals surface area contributed by atoms with E-state index in [4.69, 9.17) is 16.2 Å². The third kappa shape index (κ3) is 5.85. The largest absolute Gasteiger partial charge is 0.473 e. The lowest BCUT2D eigenvalue weighted by Crippen LogP contribution is -2.42. The number of piperidine rings is 1. The third-order valence-electron chi connectivity index (χ3n) is 5.83. The summed E-state index contributed by atoms with van der Waals surface area (Å²) in [6.45, 7) is 6.91. The number of hydrogen-bond donors (Lipinski definition) is 2. The predicted octanol–water partition coefficient (Wildman–Crippen LogP) is 4.37. The molecule has 0 radical (unpaired) electrons. The number of benzene rings is 1. The molecule has 0 spiro atoms. The third-order valence-corrected chi connectivity index (χ3v) is 6.79. The number of amidine groups is 1. The zero-order chi connectivity index (χ0) is 25.7. The fourth-order valence-corrected chi connectivity index (χ4v) is 4.61. The Morgan fingerprint density at radius 3 is 2.58 bits per heavy atom. The molecule has 0 atom stereocenters. The van der Waals surface area contributed by atoms with E-state index in [0.29, 0.717) is 37.6 Å². The summed E-state index contributed by atoms with van der Waals surface area (Å²) in [5, 5.41) is 2.06. The Balaban J connectivity index is 1.43. The Kier molecular flexibility index (Phi) is 7.58. The van der Waals surface area contributed by atoms with Gasteiger partial charge in [0.1, 0.15) is 29.3 Å². The topological polar surface area (TPSA) is 144 Å². The molecule has 188 valence electrons. The summed E-state index contributed by atoms with van der Waals surface area (Å²) in [4.78, 5) is 35.2. The molecule has 1 saturated heterocycles. The number of urea groups is 1. The van der Waals surface area contributed by atoms with Crippen molar-refractivity contribution in [2.24, 2.45) is 31.9 Å². The van der Waals surface area contributed by atoms with Crippen LogP contribution in [-0.4, -0.2) is 58.6 Å². The van der Waals surface area contributed by atoms with Crippen molar-refractivity contribution in [3.8, 4) is 17.0 Å². The zero-order valence-corrected chi connectivity index (χ0v) is 21.4. The van der Waals surface area contributed by atoms with Crippen LogP contribution in [0.5, 0.6) is 5.88 Å². The van der Waals surface area contributed by atoms with Gasteiger partial charge in [-0.25, -0.2) is 24.7 Å². The van der Waals surface area contributed by atoms with Gasteiger partial charge in [-0.05, 0) is 17.7 Å². The van der Waals surface area contributed by atoms with Crippen LogP contribution < -0.4 is 16.2 Å². The molecular formula is C25H30N8O2S. The molecule has 2 amide bonds. The predicted molar refractivity (Wildman–Crippen MR) is 145 cm³/mol. The zero-order valence-electron chi connectivity index (χ0n) is 20.6. The van der Waals surface area contributed by atoms with Gasteiger partial charge in [-0.1, -0.05) is 32.9 Å². The average Bonchev–Trinajstić information content (AvgIpc) is 3.30. The molecule has 10 nitrogen and oxygen atoms in total. The second-order valence-electron chi connectivity index (χ2n) is 9.43. The number of nitrogens with two attached hydrogens (primary N) is 2. The molecular weight excluding hydrogens is 476 g/mol. The Hall–Kier alpha value is -3.86. The highest BCUT2D eigenvalue weighted by Crippen LogP contribution is 2.37. The van der Waals surface area contributed by atoms with Gasteiger partial charge in [-0.3, -0.25) is 0 Å². The Morgan fingerprint density at radius 2 is 1.92 bits per heavy atom. The number of amides is 2. The number of rotatable bonds is 5. The highest BCUT2D eigenvalue weighted by atomic mass is 32.1.